The molecule has 1 aromatic carbocycles. The number of hydrogen-bond acceptors (Lipinski definition) is 3. The molecule has 1 fully saturated rings. The monoisotopic (exact) mass is 470 g/mol. The summed E-state index contributed by atoms with van der Waals surface area (Å²) in [7, 11) is 0. The van der Waals surface area contributed by atoms with E-state index in [0.717, 1.165) is 36.9 Å². The number of benzene rings is 1. The second-order valence-corrected chi connectivity index (χ2v) is 11.1. The van der Waals surface area contributed by atoms with Crippen LogP contribution in [0.1, 0.15) is 88.0 Å². The minimum atomic E-state index is -1.07. The number of halogens is 1. The van der Waals surface area contributed by atoms with Gasteiger partial charge >= 0.3 is 0 Å². The van der Waals surface area contributed by atoms with Gasteiger partial charge in [0.2, 0.25) is 5.91 Å². The fraction of sp³-hybridized carbons (Fsp3) is 0.577. The first-order valence-corrected chi connectivity index (χ1v) is 12.4. The van der Waals surface area contributed by atoms with Crippen molar-refractivity contribution < 1.29 is 9.59 Å². The number of rotatable bonds is 4. The van der Waals surface area contributed by atoms with E-state index < -0.39 is 5.54 Å². The van der Waals surface area contributed by atoms with E-state index in [9.17, 15) is 9.59 Å². The zero-order valence-corrected chi connectivity index (χ0v) is 20.9. The topological polar surface area (TPSA) is 67.2 Å². The molecule has 1 aliphatic carbocycles. The van der Waals surface area contributed by atoms with E-state index >= 15 is 0 Å². The highest BCUT2D eigenvalue weighted by Gasteiger charge is 2.48. The van der Waals surface area contributed by atoms with Crippen molar-refractivity contribution in [2.24, 2.45) is 0 Å². The fourth-order valence-electron chi connectivity index (χ4n) is 4.82. The van der Waals surface area contributed by atoms with Gasteiger partial charge in [-0.25, -0.2) is 0 Å². The van der Waals surface area contributed by atoms with Gasteiger partial charge < -0.3 is 10.2 Å². The Morgan fingerprint density at radius 3 is 2.48 bits per heavy atom. The Bertz CT molecular complexity index is 1030. The average molecular weight is 471 g/mol. The lowest BCUT2D eigenvalue weighted by Crippen LogP contribution is -2.64. The van der Waals surface area contributed by atoms with Crippen LogP contribution in [-0.2, 0) is 23.3 Å². The molecule has 0 radical (unpaired) electrons. The van der Waals surface area contributed by atoms with Crippen molar-refractivity contribution in [2.45, 2.75) is 96.3 Å². The third-order valence-corrected chi connectivity index (χ3v) is 7.40. The van der Waals surface area contributed by atoms with Crippen LogP contribution in [0.25, 0.3) is 0 Å². The Morgan fingerprint density at radius 1 is 1.18 bits per heavy atom. The number of fused-ring (bicyclic) bond motifs is 1. The van der Waals surface area contributed by atoms with Gasteiger partial charge in [-0.3, -0.25) is 14.3 Å². The van der Waals surface area contributed by atoms with Crippen LogP contribution in [0.2, 0.25) is 5.02 Å². The lowest BCUT2D eigenvalue weighted by atomic mass is 9.91. The summed E-state index contributed by atoms with van der Waals surface area (Å²) in [6.45, 7) is 8.66. The molecule has 2 aromatic rings. The second-order valence-electron chi connectivity index (χ2n) is 10.7. The van der Waals surface area contributed by atoms with Gasteiger partial charge in [-0.2, -0.15) is 5.10 Å². The molecule has 0 bridgehead atoms. The van der Waals surface area contributed by atoms with Crippen LogP contribution < -0.4 is 5.32 Å². The van der Waals surface area contributed by atoms with Crippen molar-refractivity contribution in [2.75, 3.05) is 0 Å². The Morgan fingerprint density at radius 2 is 1.85 bits per heavy atom. The zero-order chi connectivity index (χ0) is 23.8. The Balaban J connectivity index is 1.71. The van der Waals surface area contributed by atoms with Crippen LogP contribution >= 0.6 is 11.6 Å². The Hall–Kier alpha value is -2.34. The second kappa shape index (κ2) is 9.13. The molecule has 1 aliphatic heterocycles. The van der Waals surface area contributed by atoms with Crippen molar-refractivity contribution in [3.63, 3.8) is 0 Å². The molecule has 0 unspecified atom stereocenters. The molecule has 178 valence electrons. The highest BCUT2D eigenvalue weighted by Crippen LogP contribution is 2.33. The SMILES string of the molecule is CC(C)(C)c1cc2n(n1)C[C@@](C)(C(=O)NC1CCCCCC1)N(Cc1ccccc1Cl)C2=O. The molecular formula is C26H35ClN4O2. The number of nitrogens with zero attached hydrogens (tertiary/aromatic N) is 3. The Kier molecular flexibility index (Phi) is 6.59. The molecule has 1 saturated carbocycles. The minimum absolute atomic E-state index is 0.117. The lowest BCUT2D eigenvalue weighted by molar-refractivity contribution is -0.134. The molecule has 1 atom stereocenters. The molecule has 33 heavy (non-hydrogen) atoms. The van der Waals surface area contributed by atoms with E-state index in [0.29, 0.717) is 17.3 Å². The first-order chi connectivity index (χ1) is 15.6. The molecular weight excluding hydrogens is 436 g/mol. The van der Waals surface area contributed by atoms with Crippen LogP contribution in [0.15, 0.2) is 30.3 Å². The van der Waals surface area contributed by atoms with Gasteiger partial charge in [-0.1, -0.05) is 76.3 Å². The van der Waals surface area contributed by atoms with Crippen molar-refractivity contribution in [1.82, 2.24) is 20.0 Å². The predicted octanol–water partition coefficient (Wildman–Crippen LogP) is 5.09. The maximum atomic E-state index is 13.8. The molecule has 2 heterocycles. The molecule has 4 rings (SSSR count). The first-order valence-electron chi connectivity index (χ1n) is 12.0. The van der Waals surface area contributed by atoms with Gasteiger partial charge in [0.05, 0.1) is 12.2 Å². The number of hydrogen-bond donors (Lipinski definition) is 1. The molecule has 0 saturated heterocycles. The van der Waals surface area contributed by atoms with Crippen LogP contribution in [-0.4, -0.2) is 38.1 Å². The zero-order valence-electron chi connectivity index (χ0n) is 20.2. The van der Waals surface area contributed by atoms with E-state index in [2.05, 4.69) is 26.1 Å². The quantitative estimate of drug-likeness (QED) is 0.633. The van der Waals surface area contributed by atoms with Crippen molar-refractivity contribution in [3.05, 3.63) is 52.3 Å². The summed E-state index contributed by atoms with van der Waals surface area (Å²) in [4.78, 5) is 29.2. The highest BCUT2D eigenvalue weighted by atomic mass is 35.5. The standard InChI is InChI=1S/C26H35ClN4O2/c1-25(2,3)22-15-21-23(32)30(16-18-11-9-10-14-20(18)27)26(4,17-31(21)29-22)24(33)28-19-12-7-5-6-8-13-19/h9-11,14-15,19H,5-8,12-13,16-17H2,1-4H3,(H,28,33)/t26-/m0/s1. The van der Waals surface area contributed by atoms with E-state index in [-0.39, 0.29) is 29.8 Å². The number of nitrogens with one attached hydrogen (secondary N) is 1. The molecule has 1 N–H and O–H groups in total. The third kappa shape index (κ3) is 4.81. The van der Waals surface area contributed by atoms with E-state index in [1.807, 2.05) is 37.3 Å². The molecule has 2 amide bonds. The van der Waals surface area contributed by atoms with Crippen LogP contribution in [0.5, 0.6) is 0 Å². The molecule has 0 spiro atoms. The number of amides is 2. The smallest absolute Gasteiger partial charge is 0.273 e. The summed E-state index contributed by atoms with van der Waals surface area (Å²) in [5, 5.41) is 8.60. The van der Waals surface area contributed by atoms with Crippen molar-refractivity contribution in [1.29, 1.82) is 0 Å². The number of carbonyl (C=O) groups excluding carboxylic acids is 2. The maximum Gasteiger partial charge on any atom is 0.273 e. The lowest BCUT2D eigenvalue weighted by Gasteiger charge is -2.44. The predicted molar refractivity (Wildman–Crippen MR) is 130 cm³/mol. The summed E-state index contributed by atoms with van der Waals surface area (Å²) in [5.41, 5.74) is 0.919. The van der Waals surface area contributed by atoms with Gasteiger partial charge in [-0.05, 0) is 37.5 Å². The van der Waals surface area contributed by atoms with Gasteiger partial charge in [0.15, 0.2) is 0 Å². The van der Waals surface area contributed by atoms with Crippen molar-refractivity contribution in [3.8, 4) is 0 Å². The van der Waals surface area contributed by atoms with E-state index in [1.165, 1.54) is 12.8 Å². The average Bonchev–Trinajstić information content (AvgIpc) is 3.02. The summed E-state index contributed by atoms with van der Waals surface area (Å²) in [6.07, 6.45) is 6.66. The van der Waals surface area contributed by atoms with Gasteiger partial charge in [0.25, 0.3) is 5.91 Å². The summed E-state index contributed by atoms with van der Waals surface area (Å²) < 4.78 is 1.72. The van der Waals surface area contributed by atoms with E-state index in [4.69, 9.17) is 16.7 Å². The van der Waals surface area contributed by atoms with Crippen LogP contribution in [0.4, 0.5) is 0 Å². The largest absolute Gasteiger partial charge is 0.351 e. The summed E-state index contributed by atoms with van der Waals surface area (Å²) >= 11 is 6.45. The van der Waals surface area contributed by atoms with E-state index in [1.54, 1.807) is 9.58 Å². The minimum Gasteiger partial charge on any atom is -0.351 e. The highest BCUT2D eigenvalue weighted by molar-refractivity contribution is 6.31. The molecule has 6 nitrogen and oxygen atoms in total. The first kappa shape index (κ1) is 23.8. The Labute approximate surface area is 201 Å². The molecule has 1 aromatic heterocycles. The van der Waals surface area contributed by atoms with Gasteiger partial charge in [0, 0.05) is 23.0 Å². The normalized spacial score (nSPS) is 22.1. The summed E-state index contributed by atoms with van der Waals surface area (Å²) in [5.74, 6) is -0.309. The number of aromatic nitrogens is 2. The summed E-state index contributed by atoms with van der Waals surface area (Å²) in [6, 6.07) is 9.51. The molecule has 7 heteroatoms. The molecule has 2 aliphatic rings. The van der Waals surface area contributed by atoms with Crippen LogP contribution in [0, 0.1) is 0 Å². The maximum absolute atomic E-state index is 13.8. The van der Waals surface area contributed by atoms with Crippen molar-refractivity contribution >= 4 is 23.4 Å². The fourth-order valence-corrected chi connectivity index (χ4v) is 5.01. The van der Waals surface area contributed by atoms with Gasteiger partial charge in [-0.15, -0.1) is 0 Å². The number of carbonyl (C=O) groups is 2. The third-order valence-electron chi connectivity index (χ3n) is 7.03. The van der Waals surface area contributed by atoms with Crippen LogP contribution in [0.3, 0.4) is 0 Å². The van der Waals surface area contributed by atoms with Gasteiger partial charge in [0.1, 0.15) is 11.2 Å².